The Kier molecular flexibility index (Phi) is 5.21. The van der Waals surface area contributed by atoms with Crippen LogP contribution < -0.4 is 10.6 Å². The van der Waals surface area contributed by atoms with E-state index in [1.165, 1.54) is 0 Å². The normalized spacial score (nSPS) is 12.2. The molecule has 0 saturated carbocycles. The van der Waals surface area contributed by atoms with E-state index in [1.54, 1.807) is 6.92 Å². The first-order valence-corrected chi connectivity index (χ1v) is 5.57. The Morgan fingerprint density at radius 3 is 2.44 bits per heavy atom. The van der Waals surface area contributed by atoms with E-state index in [0.29, 0.717) is 18.4 Å². The molecule has 6 nitrogen and oxygen atoms in total. The molecule has 0 bridgehead atoms. The number of hydrogen-bond donors (Lipinski definition) is 3. The Labute approximate surface area is 99.5 Å². The van der Waals surface area contributed by atoms with E-state index in [9.17, 15) is 0 Å². The molecule has 1 unspecified atom stereocenters. The lowest BCUT2D eigenvalue weighted by Gasteiger charge is -2.08. The van der Waals surface area contributed by atoms with Gasteiger partial charge >= 0.3 is 0 Å². The molecule has 0 spiro atoms. The lowest BCUT2D eigenvalue weighted by atomic mass is 10.4. The fraction of sp³-hybridized carbons (Fsp3) is 0.667. The molecule has 0 aromatic carbocycles. The zero-order valence-corrected chi connectivity index (χ0v) is 10.1. The van der Waals surface area contributed by atoms with Gasteiger partial charge in [0.25, 0.3) is 0 Å². The highest BCUT2D eigenvalue weighted by molar-refractivity contribution is 6.28. The number of anilines is 2. The molecule has 0 fully saturated rings. The van der Waals surface area contributed by atoms with Crippen LogP contribution in [0.15, 0.2) is 0 Å². The lowest BCUT2D eigenvalue weighted by Crippen LogP contribution is -2.18. The Bertz CT molecular complexity index is 334. The number of rotatable bonds is 6. The quantitative estimate of drug-likeness (QED) is 0.697. The summed E-state index contributed by atoms with van der Waals surface area (Å²) in [5.74, 6) is 0.800. The van der Waals surface area contributed by atoms with E-state index in [2.05, 4.69) is 25.6 Å². The molecule has 3 N–H and O–H groups in total. The molecule has 1 heterocycles. The minimum Gasteiger partial charge on any atom is -0.392 e. The van der Waals surface area contributed by atoms with E-state index < -0.39 is 6.10 Å². The lowest BCUT2D eigenvalue weighted by molar-refractivity contribution is 0.208. The Morgan fingerprint density at radius 2 is 1.88 bits per heavy atom. The van der Waals surface area contributed by atoms with Gasteiger partial charge in [0, 0.05) is 13.1 Å². The van der Waals surface area contributed by atoms with Crippen LogP contribution in [-0.2, 0) is 0 Å². The van der Waals surface area contributed by atoms with E-state index in [0.717, 1.165) is 13.0 Å². The molecule has 7 heteroatoms. The van der Waals surface area contributed by atoms with Crippen LogP contribution in [-0.4, -0.2) is 39.3 Å². The molecule has 0 radical (unpaired) electrons. The molecule has 0 aliphatic carbocycles. The van der Waals surface area contributed by atoms with Crippen molar-refractivity contribution in [1.82, 2.24) is 15.0 Å². The summed E-state index contributed by atoms with van der Waals surface area (Å²) in [6.07, 6.45) is 0.502. The molecule has 90 valence electrons. The van der Waals surface area contributed by atoms with Crippen LogP contribution in [0, 0.1) is 0 Å². The summed E-state index contributed by atoms with van der Waals surface area (Å²) >= 11 is 5.74. The van der Waals surface area contributed by atoms with Crippen LogP contribution in [0.2, 0.25) is 5.28 Å². The first kappa shape index (κ1) is 12.9. The summed E-state index contributed by atoms with van der Waals surface area (Å²) in [5, 5.41) is 15.1. The van der Waals surface area contributed by atoms with Gasteiger partial charge in [0.2, 0.25) is 17.2 Å². The van der Waals surface area contributed by atoms with E-state index >= 15 is 0 Å². The predicted octanol–water partition coefficient (Wildman–Crippen LogP) is 1.14. The predicted molar refractivity (Wildman–Crippen MR) is 63.8 cm³/mol. The zero-order valence-electron chi connectivity index (χ0n) is 9.37. The first-order chi connectivity index (χ1) is 7.61. The summed E-state index contributed by atoms with van der Waals surface area (Å²) < 4.78 is 0. The first-order valence-electron chi connectivity index (χ1n) is 5.19. The van der Waals surface area contributed by atoms with Gasteiger partial charge in [-0.1, -0.05) is 6.92 Å². The van der Waals surface area contributed by atoms with Crippen molar-refractivity contribution in [2.24, 2.45) is 0 Å². The molecule has 1 atom stereocenters. The molecular formula is C9H16ClN5O. The maximum atomic E-state index is 9.11. The zero-order chi connectivity index (χ0) is 12.0. The second kappa shape index (κ2) is 6.44. The van der Waals surface area contributed by atoms with Crippen LogP contribution in [0.1, 0.15) is 20.3 Å². The molecule has 1 aromatic heterocycles. The van der Waals surface area contributed by atoms with Crippen molar-refractivity contribution in [3.05, 3.63) is 5.28 Å². The van der Waals surface area contributed by atoms with Gasteiger partial charge in [-0.05, 0) is 24.9 Å². The summed E-state index contributed by atoms with van der Waals surface area (Å²) in [6, 6.07) is 0. The average molecular weight is 246 g/mol. The van der Waals surface area contributed by atoms with Crippen molar-refractivity contribution in [2.75, 3.05) is 23.7 Å². The van der Waals surface area contributed by atoms with Gasteiger partial charge in [-0.25, -0.2) is 0 Å². The standard InChI is InChI=1S/C9H16ClN5O/c1-3-4-11-8-13-7(10)14-9(15-8)12-5-6(2)16/h6,16H,3-5H2,1-2H3,(H2,11,12,13,14,15). The number of nitrogens with one attached hydrogen (secondary N) is 2. The third kappa shape index (κ3) is 4.59. The van der Waals surface area contributed by atoms with Crippen molar-refractivity contribution in [1.29, 1.82) is 0 Å². The average Bonchev–Trinajstić information content (AvgIpc) is 2.23. The highest BCUT2D eigenvalue weighted by atomic mass is 35.5. The smallest absolute Gasteiger partial charge is 0.228 e. The second-order valence-corrected chi connectivity index (χ2v) is 3.75. The van der Waals surface area contributed by atoms with Gasteiger partial charge in [0.1, 0.15) is 0 Å². The van der Waals surface area contributed by atoms with Crippen LogP contribution in [0.25, 0.3) is 0 Å². The highest BCUT2D eigenvalue weighted by Crippen LogP contribution is 2.09. The van der Waals surface area contributed by atoms with Gasteiger partial charge in [-0.3, -0.25) is 0 Å². The number of aliphatic hydroxyl groups excluding tert-OH is 1. The number of aliphatic hydroxyl groups is 1. The van der Waals surface area contributed by atoms with Crippen LogP contribution in [0.5, 0.6) is 0 Å². The number of nitrogens with zero attached hydrogens (tertiary/aromatic N) is 3. The largest absolute Gasteiger partial charge is 0.392 e. The molecule has 1 aromatic rings. The summed E-state index contributed by atoms with van der Waals surface area (Å²) in [6.45, 7) is 4.86. The van der Waals surface area contributed by atoms with Gasteiger partial charge in [-0.2, -0.15) is 15.0 Å². The SMILES string of the molecule is CCCNc1nc(Cl)nc(NCC(C)O)n1. The molecular weight excluding hydrogens is 230 g/mol. The molecule has 0 saturated heterocycles. The number of hydrogen-bond acceptors (Lipinski definition) is 6. The molecule has 0 aliphatic heterocycles. The fourth-order valence-corrected chi connectivity index (χ4v) is 1.14. The molecule has 16 heavy (non-hydrogen) atoms. The minimum absolute atomic E-state index is 0.127. The molecule has 0 amide bonds. The molecule has 0 aliphatic rings. The van der Waals surface area contributed by atoms with Crippen LogP contribution in [0.4, 0.5) is 11.9 Å². The summed E-state index contributed by atoms with van der Waals surface area (Å²) in [4.78, 5) is 11.9. The monoisotopic (exact) mass is 245 g/mol. The van der Waals surface area contributed by atoms with Gasteiger partial charge in [0.05, 0.1) is 6.10 Å². The maximum absolute atomic E-state index is 9.11. The fourth-order valence-electron chi connectivity index (χ4n) is 0.984. The summed E-state index contributed by atoms with van der Waals surface area (Å²) in [5.41, 5.74) is 0. The van der Waals surface area contributed by atoms with Crippen molar-refractivity contribution >= 4 is 23.5 Å². The second-order valence-electron chi connectivity index (χ2n) is 3.41. The van der Waals surface area contributed by atoms with E-state index in [1.807, 2.05) is 6.92 Å². The van der Waals surface area contributed by atoms with Crippen molar-refractivity contribution in [3.63, 3.8) is 0 Å². The van der Waals surface area contributed by atoms with Crippen LogP contribution >= 0.6 is 11.6 Å². The van der Waals surface area contributed by atoms with Gasteiger partial charge in [-0.15, -0.1) is 0 Å². The number of halogens is 1. The third-order valence-corrected chi connectivity index (χ3v) is 1.87. The van der Waals surface area contributed by atoms with Crippen molar-refractivity contribution in [3.8, 4) is 0 Å². The van der Waals surface area contributed by atoms with Crippen molar-refractivity contribution < 1.29 is 5.11 Å². The molecule has 1 rings (SSSR count). The van der Waals surface area contributed by atoms with Crippen molar-refractivity contribution in [2.45, 2.75) is 26.4 Å². The minimum atomic E-state index is -0.470. The number of aromatic nitrogens is 3. The Balaban J connectivity index is 2.65. The highest BCUT2D eigenvalue weighted by Gasteiger charge is 2.04. The van der Waals surface area contributed by atoms with Gasteiger partial charge < -0.3 is 15.7 Å². The Morgan fingerprint density at radius 1 is 1.25 bits per heavy atom. The topological polar surface area (TPSA) is 83.0 Å². The van der Waals surface area contributed by atoms with E-state index in [-0.39, 0.29) is 5.28 Å². The maximum Gasteiger partial charge on any atom is 0.228 e. The third-order valence-electron chi connectivity index (χ3n) is 1.70. The van der Waals surface area contributed by atoms with Crippen LogP contribution in [0.3, 0.4) is 0 Å². The Hall–Kier alpha value is -1.14. The van der Waals surface area contributed by atoms with Gasteiger partial charge in [0.15, 0.2) is 0 Å². The summed E-state index contributed by atoms with van der Waals surface area (Å²) in [7, 11) is 0. The van der Waals surface area contributed by atoms with E-state index in [4.69, 9.17) is 16.7 Å².